The summed E-state index contributed by atoms with van der Waals surface area (Å²) < 4.78 is 5.22. The number of nitrogens with zero attached hydrogens (tertiary/aromatic N) is 2. The summed E-state index contributed by atoms with van der Waals surface area (Å²) >= 11 is 0. The van der Waals surface area contributed by atoms with Gasteiger partial charge in [-0.25, -0.2) is 9.78 Å². The van der Waals surface area contributed by atoms with E-state index in [0.29, 0.717) is 31.0 Å². The van der Waals surface area contributed by atoms with Gasteiger partial charge in [0.1, 0.15) is 6.04 Å². The molecule has 1 aliphatic heterocycles. The molecule has 6 heteroatoms. The molecule has 0 bridgehead atoms. The van der Waals surface area contributed by atoms with Gasteiger partial charge in [0.25, 0.3) is 5.91 Å². The normalized spacial score (nSPS) is 19.6. The minimum absolute atomic E-state index is 0.149. The van der Waals surface area contributed by atoms with Crippen LogP contribution in [0.4, 0.5) is 0 Å². The number of carboxylic acid groups (broad SMARTS) is 1. The van der Waals surface area contributed by atoms with E-state index in [2.05, 4.69) is 4.98 Å². The van der Waals surface area contributed by atoms with Crippen LogP contribution in [-0.2, 0) is 4.79 Å². The van der Waals surface area contributed by atoms with Crippen LogP contribution >= 0.6 is 0 Å². The fourth-order valence-corrected chi connectivity index (χ4v) is 2.13. The standard InChI is InChI=1S/C11H14N2O4/c1-6-9(17-7(2)12-6)10(14)13-5-3-4-8(13)11(15)16/h8H,3-5H2,1-2H3,(H,15,16)/t8-/m0/s1. The lowest BCUT2D eigenvalue weighted by atomic mass is 10.2. The number of carbonyl (C=O) groups excluding carboxylic acids is 1. The number of hydrogen-bond donors (Lipinski definition) is 1. The molecule has 1 aromatic heterocycles. The van der Waals surface area contributed by atoms with Gasteiger partial charge in [0.05, 0.1) is 5.69 Å². The molecule has 1 saturated heterocycles. The number of aromatic nitrogens is 1. The average molecular weight is 238 g/mol. The van der Waals surface area contributed by atoms with Crippen LogP contribution in [-0.4, -0.2) is 39.5 Å². The third-order valence-electron chi connectivity index (χ3n) is 2.90. The summed E-state index contributed by atoms with van der Waals surface area (Å²) in [6.07, 6.45) is 1.20. The molecular formula is C11H14N2O4. The maximum Gasteiger partial charge on any atom is 0.326 e. The fraction of sp³-hybridized carbons (Fsp3) is 0.545. The van der Waals surface area contributed by atoms with Crippen molar-refractivity contribution in [1.29, 1.82) is 0 Å². The first kappa shape index (κ1) is 11.6. The number of likely N-dealkylation sites (tertiary alicyclic amines) is 1. The van der Waals surface area contributed by atoms with Crippen LogP contribution in [0.15, 0.2) is 4.42 Å². The maximum atomic E-state index is 12.1. The molecule has 6 nitrogen and oxygen atoms in total. The predicted octanol–water partition coefficient (Wildman–Crippen LogP) is 0.981. The van der Waals surface area contributed by atoms with Crippen LogP contribution in [0.3, 0.4) is 0 Å². The molecule has 1 atom stereocenters. The third-order valence-corrected chi connectivity index (χ3v) is 2.90. The van der Waals surface area contributed by atoms with Crippen molar-refractivity contribution >= 4 is 11.9 Å². The van der Waals surface area contributed by atoms with Gasteiger partial charge >= 0.3 is 5.97 Å². The van der Waals surface area contributed by atoms with Gasteiger partial charge in [-0.1, -0.05) is 0 Å². The number of rotatable bonds is 2. The molecule has 92 valence electrons. The Hall–Kier alpha value is -1.85. The van der Waals surface area contributed by atoms with Gasteiger partial charge in [-0.15, -0.1) is 0 Å². The zero-order valence-electron chi connectivity index (χ0n) is 9.77. The van der Waals surface area contributed by atoms with E-state index in [1.165, 1.54) is 4.90 Å². The molecule has 17 heavy (non-hydrogen) atoms. The number of aryl methyl sites for hydroxylation is 2. The Bertz CT molecular complexity index is 466. The fourth-order valence-electron chi connectivity index (χ4n) is 2.13. The molecule has 0 saturated carbocycles. The third kappa shape index (κ3) is 2.02. The van der Waals surface area contributed by atoms with E-state index in [9.17, 15) is 9.59 Å². The van der Waals surface area contributed by atoms with Crippen LogP contribution in [0, 0.1) is 13.8 Å². The van der Waals surface area contributed by atoms with Crippen molar-refractivity contribution in [2.24, 2.45) is 0 Å². The number of aliphatic carboxylic acids is 1. The van der Waals surface area contributed by atoms with E-state index in [0.717, 1.165) is 0 Å². The van der Waals surface area contributed by atoms with Crippen LogP contribution in [0.1, 0.15) is 35.0 Å². The van der Waals surface area contributed by atoms with Crippen molar-refractivity contribution < 1.29 is 19.1 Å². The summed E-state index contributed by atoms with van der Waals surface area (Å²) in [7, 11) is 0. The smallest absolute Gasteiger partial charge is 0.326 e. The van der Waals surface area contributed by atoms with Gasteiger partial charge in [0.15, 0.2) is 5.89 Å². The quantitative estimate of drug-likeness (QED) is 0.830. The lowest BCUT2D eigenvalue weighted by molar-refractivity contribution is -0.141. The first-order valence-corrected chi connectivity index (χ1v) is 5.48. The molecule has 1 N–H and O–H groups in total. The number of carboxylic acids is 1. The molecule has 2 heterocycles. The lowest BCUT2D eigenvalue weighted by Crippen LogP contribution is -2.40. The summed E-state index contributed by atoms with van der Waals surface area (Å²) in [5.74, 6) is -0.787. The highest BCUT2D eigenvalue weighted by Gasteiger charge is 2.36. The Morgan fingerprint density at radius 1 is 1.47 bits per heavy atom. The highest BCUT2D eigenvalue weighted by Crippen LogP contribution is 2.22. The van der Waals surface area contributed by atoms with E-state index < -0.39 is 12.0 Å². The van der Waals surface area contributed by atoms with Crippen LogP contribution in [0.2, 0.25) is 0 Å². The molecule has 0 aliphatic carbocycles. The zero-order chi connectivity index (χ0) is 12.6. The molecule has 1 aliphatic rings. The number of carbonyl (C=O) groups is 2. The Morgan fingerprint density at radius 2 is 2.18 bits per heavy atom. The second-order valence-corrected chi connectivity index (χ2v) is 4.14. The van der Waals surface area contributed by atoms with E-state index in [1.54, 1.807) is 13.8 Å². The SMILES string of the molecule is Cc1nc(C)c(C(=O)N2CCC[C@H]2C(=O)O)o1. The van der Waals surface area contributed by atoms with E-state index in [4.69, 9.17) is 9.52 Å². The Balaban J connectivity index is 2.25. The first-order chi connectivity index (χ1) is 8.00. The Morgan fingerprint density at radius 3 is 2.71 bits per heavy atom. The highest BCUT2D eigenvalue weighted by atomic mass is 16.4. The van der Waals surface area contributed by atoms with Gasteiger partial charge in [-0.2, -0.15) is 0 Å². The van der Waals surface area contributed by atoms with Gasteiger partial charge in [-0.05, 0) is 19.8 Å². The van der Waals surface area contributed by atoms with E-state index >= 15 is 0 Å². The van der Waals surface area contributed by atoms with E-state index in [-0.39, 0.29) is 11.7 Å². The van der Waals surface area contributed by atoms with Crippen molar-refractivity contribution in [3.63, 3.8) is 0 Å². The van der Waals surface area contributed by atoms with Crippen molar-refractivity contribution in [2.75, 3.05) is 6.54 Å². The second kappa shape index (κ2) is 4.20. The Labute approximate surface area is 98.2 Å². The minimum Gasteiger partial charge on any atom is -0.480 e. The molecule has 1 fully saturated rings. The highest BCUT2D eigenvalue weighted by molar-refractivity contribution is 5.95. The Kier molecular flexibility index (Phi) is 2.87. The zero-order valence-corrected chi connectivity index (χ0v) is 9.77. The summed E-state index contributed by atoms with van der Waals surface area (Å²) in [5.41, 5.74) is 0.503. The summed E-state index contributed by atoms with van der Waals surface area (Å²) in [4.78, 5) is 28.5. The van der Waals surface area contributed by atoms with Crippen LogP contribution < -0.4 is 0 Å². The van der Waals surface area contributed by atoms with Crippen molar-refractivity contribution in [3.8, 4) is 0 Å². The predicted molar refractivity (Wildman–Crippen MR) is 57.7 cm³/mol. The summed E-state index contributed by atoms with van der Waals surface area (Å²) in [6, 6.07) is -0.743. The molecule has 0 spiro atoms. The molecule has 0 aromatic carbocycles. The average Bonchev–Trinajstić information content (AvgIpc) is 2.83. The number of oxazole rings is 1. The molecular weight excluding hydrogens is 224 g/mol. The summed E-state index contributed by atoms with van der Waals surface area (Å²) in [6.45, 7) is 3.78. The molecule has 0 unspecified atom stereocenters. The molecule has 1 aromatic rings. The lowest BCUT2D eigenvalue weighted by Gasteiger charge is -2.20. The van der Waals surface area contributed by atoms with Gasteiger partial charge in [-0.3, -0.25) is 4.79 Å². The van der Waals surface area contributed by atoms with Crippen molar-refractivity contribution in [3.05, 3.63) is 17.3 Å². The second-order valence-electron chi connectivity index (χ2n) is 4.14. The van der Waals surface area contributed by atoms with E-state index in [1.807, 2.05) is 0 Å². The molecule has 2 rings (SSSR count). The minimum atomic E-state index is -0.968. The molecule has 0 radical (unpaired) electrons. The van der Waals surface area contributed by atoms with Gasteiger partial charge < -0.3 is 14.4 Å². The van der Waals surface area contributed by atoms with Gasteiger partial charge in [0.2, 0.25) is 5.76 Å². The monoisotopic (exact) mass is 238 g/mol. The van der Waals surface area contributed by atoms with Crippen LogP contribution in [0.5, 0.6) is 0 Å². The van der Waals surface area contributed by atoms with Crippen LogP contribution in [0.25, 0.3) is 0 Å². The number of hydrogen-bond acceptors (Lipinski definition) is 4. The van der Waals surface area contributed by atoms with Gasteiger partial charge in [0, 0.05) is 13.5 Å². The maximum absolute atomic E-state index is 12.1. The topological polar surface area (TPSA) is 83.6 Å². The number of amides is 1. The van der Waals surface area contributed by atoms with Crippen molar-refractivity contribution in [2.45, 2.75) is 32.7 Å². The molecule has 1 amide bonds. The van der Waals surface area contributed by atoms with Crippen molar-refractivity contribution in [1.82, 2.24) is 9.88 Å². The largest absolute Gasteiger partial charge is 0.480 e. The summed E-state index contributed by atoms with van der Waals surface area (Å²) in [5, 5.41) is 9.01. The first-order valence-electron chi connectivity index (χ1n) is 5.48.